The maximum Gasteiger partial charge on any atom is 0.243 e. The smallest absolute Gasteiger partial charge is 0.243 e. The average molecular weight is 538 g/mol. The van der Waals surface area contributed by atoms with E-state index in [0.717, 1.165) is 5.56 Å². The Hall–Kier alpha value is -2.24. The summed E-state index contributed by atoms with van der Waals surface area (Å²) in [7, 11) is 0. The molecule has 0 radical (unpaired) electrons. The van der Waals surface area contributed by atoms with E-state index in [1.54, 1.807) is 41.3 Å². The molecule has 4 nitrogen and oxygen atoms in total. The van der Waals surface area contributed by atoms with Gasteiger partial charge in [0.2, 0.25) is 11.8 Å². The summed E-state index contributed by atoms with van der Waals surface area (Å²) in [6.07, 6.45) is 0.401. The van der Waals surface area contributed by atoms with Gasteiger partial charge in [0.15, 0.2) is 0 Å². The van der Waals surface area contributed by atoms with Crippen molar-refractivity contribution in [2.75, 3.05) is 6.54 Å². The normalized spacial score (nSPS) is 11.7. The predicted octanol–water partition coefficient (Wildman–Crippen LogP) is 6.62. The Labute approximate surface area is 219 Å². The second-order valence-corrected chi connectivity index (χ2v) is 9.44. The summed E-state index contributed by atoms with van der Waals surface area (Å²) >= 11 is 24.7. The standard InChI is InChI=1S/C26H24Cl4N2O2/c1-2-31-26(34)24(13-17-6-4-3-5-7-17)32(16-19-9-10-20(27)15-22(19)29)25(33)14-18-8-11-21(28)23(30)12-18/h3-12,15,24H,2,13-14,16H2,1H3,(H,31,34). The molecule has 1 N–H and O–H groups in total. The fraction of sp³-hybridized carbons (Fsp3) is 0.231. The monoisotopic (exact) mass is 536 g/mol. The van der Waals surface area contributed by atoms with Crippen molar-refractivity contribution >= 4 is 58.2 Å². The van der Waals surface area contributed by atoms with Crippen molar-refractivity contribution < 1.29 is 9.59 Å². The van der Waals surface area contributed by atoms with Crippen LogP contribution < -0.4 is 5.32 Å². The van der Waals surface area contributed by atoms with E-state index in [4.69, 9.17) is 46.4 Å². The number of likely N-dealkylation sites (N-methyl/N-ethyl adjacent to an activating group) is 1. The van der Waals surface area contributed by atoms with E-state index in [-0.39, 0.29) is 24.8 Å². The highest BCUT2D eigenvalue weighted by molar-refractivity contribution is 6.42. The van der Waals surface area contributed by atoms with Gasteiger partial charge in [-0.25, -0.2) is 0 Å². The molecule has 0 bridgehead atoms. The minimum Gasteiger partial charge on any atom is -0.355 e. The molecule has 0 aliphatic carbocycles. The number of benzene rings is 3. The van der Waals surface area contributed by atoms with E-state index in [1.165, 1.54) is 0 Å². The van der Waals surface area contributed by atoms with Gasteiger partial charge >= 0.3 is 0 Å². The summed E-state index contributed by atoms with van der Waals surface area (Å²) in [5.41, 5.74) is 2.32. The van der Waals surface area contributed by atoms with Crippen LogP contribution in [0.3, 0.4) is 0 Å². The van der Waals surface area contributed by atoms with Crippen LogP contribution in [0.2, 0.25) is 20.1 Å². The molecule has 1 unspecified atom stereocenters. The van der Waals surface area contributed by atoms with Crippen molar-refractivity contribution in [2.24, 2.45) is 0 Å². The zero-order valence-electron chi connectivity index (χ0n) is 18.5. The van der Waals surface area contributed by atoms with E-state index < -0.39 is 6.04 Å². The molecule has 1 atom stereocenters. The molecule has 0 aromatic heterocycles. The van der Waals surface area contributed by atoms with E-state index in [1.807, 2.05) is 37.3 Å². The molecular formula is C26H24Cl4N2O2. The fourth-order valence-corrected chi connectivity index (χ4v) is 4.39. The predicted molar refractivity (Wildman–Crippen MR) is 140 cm³/mol. The molecule has 2 amide bonds. The van der Waals surface area contributed by atoms with Crippen molar-refractivity contribution in [3.8, 4) is 0 Å². The Morgan fingerprint density at radius 2 is 1.59 bits per heavy atom. The quantitative estimate of drug-likeness (QED) is 0.333. The minimum absolute atomic E-state index is 0.0484. The van der Waals surface area contributed by atoms with Crippen LogP contribution in [-0.2, 0) is 29.0 Å². The lowest BCUT2D eigenvalue weighted by Gasteiger charge is -2.32. The SMILES string of the molecule is CCNC(=O)C(Cc1ccccc1)N(Cc1ccc(Cl)cc1Cl)C(=O)Cc1ccc(Cl)c(Cl)c1. The number of nitrogens with one attached hydrogen (secondary N) is 1. The van der Waals surface area contributed by atoms with Crippen LogP contribution in [0.15, 0.2) is 66.7 Å². The highest BCUT2D eigenvalue weighted by atomic mass is 35.5. The molecule has 0 aliphatic rings. The molecule has 0 saturated carbocycles. The van der Waals surface area contributed by atoms with Crippen LogP contribution in [0.1, 0.15) is 23.6 Å². The van der Waals surface area contributed by atoms with Crippen molar-refractivity contribution in [3.05, 3.63) is 104 Å². The number of amides is 2. The number of carbonyl (C=O) groups excluding carboxylic acids is 2. The van der Waals surface area contributed by atoms with E-state index in [0.29, 0.717) is 44.2 Å². The van der Waals surface area contributed by atoms with Crippen molar-refractivity contribution in [1.29, 1.82) is 0 Å². The molecule has 34 heavy (non-hydrogen) atoms. The van der Waals surface area contributed by atoms with Gasteiger partial charge in [-0.3, -0.25) is 9.59 Å². The van der Waals surface area contributed by atoms with Crippen LogP contribution in [-0.4, -0.2) is 29.3 Å². The second-order valence-electron chi connectivity index (χ2n) is 7.78. The lowest BCUT2D eigenvalue weighted by atomic mass is 10.0. The maximum atomic E-state index is 13.6. The van der Waals surface area contributed by atoms with Gasteiger partial charge in [0.1, 0.15) is 6.04 Å². The first kappa shape index (κ1) is 26.4. The molecule has 8 heteroatoms. The fourth-order valence-electron chi connectivity index (χ4n) is 3.61. The molecule has 0 saturated heterocycles. The van der Waals surface area contributed by atoms with Gasteiger partial charge in [-0.1, -0.05) is 88.9 Å². The van der Waals surface area contributed by atoms with Crippen LogP contribution in [0.4, 0.5) is 0 Å². The topological polar surface area (TPSA) is 49.4 Å². The molecular weight excluding hydrogens is 514 g/mol. The van der Waals surface area contributed by atoms with Crippen molar-refractivity contribution in [3.63, 3.8) is 0 Å². The van der Waals surface area contributed by atoms with Gasteiger partial charge in [0.25, 0.3) is 0 Å². The summed E-state index contributed by atoms with van der Waals surface area (Å²) in [6, 6.07) is 19.0. The van der Waals surface area contributed by atoms with Crippen LogP contribution in [0.5, 0.6) is 0 Å². The highest BCUT2D eigenvalue weighted by Crippen LogP contribution is 2.26. The zero-order valence-corrected chi connectivity index (χ0v) is 21.6. The summed E-state index contributed by atoms with van der Waals surface area (Å²) in [6.45, 7) is 2.43. The minimum atomic E-state index is -0.746. The summed E-state index contributed by atoms with van der Waals surface area (Å²) in [5, 5.41) is 4.56. The van der Waals surface area contributed by atoms with Gasteiger partial charge in [-0.15, -0.1) is 0 Å². The summed E-state index contributed by atoms with van der Waals surface area (Å²) in [4.78, 5) is 28.4. The molecule has 178 valence electrons. The van der Waals surface area contributed by atoms with Crippen molar-refractivity contribution in [1.82, 2.24) is 10.2 Å². The van der Waals surface area contributed by atoms with E-state index >= 15 is 0 Å². The highest BCUT2D eigenvalue weighted by Gasteiger charge is 2.30. The zero-order chi connectivity index (χ0) is 24.7. The van der Waals surface area contributed by atoms with Gasteiger partial charge in [0, 0.05) is 29.6 Å². The number of hydrogen-bond acceptors (Lipinski definition) is 2. The molecule has 0 fully saturated rings. The first-order valence-corrected chi connectivity index (χ1v) is 12.3. The van der Waals surface area contributed by atoms with Gasteiger partial charge in [-0.05, 0) is 47.9 Å². The van der Waals surface area contributed by atoms with Gasteiger partial charge in [-0.2, -0.15) is 0 Å². The Kier molecular flexibility index (Phi) is 9.66. The van der Waals surface area contributed by atoms with Crippen LogP contribution >= 0.6 is 46.4 Å². The van der Waals surface area contributed by atoms with E-state index in [2.05, 4.69) is 5.32 Å². The molecule has 0 heterocycles. The molecule has 0 spiro atoms. The lowest BCUT2D eigenvalue weighted by Crippen LogP contribution is -2.51. The average Bonchev–Trinajstić information content (AvgIpc) is 2.80. The number of carbonyl (C=O) groups is 2. The molecule has 3 aromatic carbocycles. The first-order chi connectivity index (χ1) is 16.3. The Morgan fingerprint density at radius 3 is 2.24 bits per heavy atom. The second kappa shape index (κ2) is 12.5. The summed E-state index contributed by atoms with van der Waals surface area (Å²) in [5.74, 6) is -0.476. The number of hydrogen-bond donors (Lipinski definition) is 1. The molecule has 0 aliphatic heterocycles. The summed E-state index contributed by atoms with van der Waals surface area (Å²) < 4.78 is 0. The molecule has 3 aromatic rings. The van der Waals surface area contributed by atoms with Crippen LogP contribution in [0.25, 0.3) is 0 Å². The largest absolute Gasteiger partial charge is 0.355 e. The molecule has 3 rings (SSSR count). The third-order valence-corrected chi connectivity index (χ3v) is 6.64. The maximum absolute atomic E-state index is 13.6. The Morgan fingerprint density at radius 1 is 0.853 bits per heavy atom. The lowest BCUT2D eigenvalue weighted by molar-refractivity contribution is -0.140. The number of nitrogens with zero attached hydrogens (tertiary/aromatic N) is 1. The van der Waals surface area contributed by atoms with Crippen LogP contribution in [0, 0.1) is 0 Å². The third kappa shape index (κ3) is 7.13. The first-order valence-electron chi connectivity index (χ1n) is 10.8. The van der Waals surface area contributed by atoms with Crippen molar-refractivity contribution in [2.45, 2.75) is 32.4 Å². The Bertz CT molecular complexity index is 1150. The van der Waals surface area contributed by atoms with E-state index in [9.17, 15) is 9.59 Å². The number of rotatable bonds is 9. The van der Waals surface area contributed by atoms with Gasteiger partial charge in [0.05, 0.1) is 16.5 Å². The van der Waals surface area contributed by atoms with Gasteiger partial charge < -0.3 is 10.2 Å². The Balaban J connectivity index is 1.99. The third-order valence-electron chi connectivity index (χ3n) is 5.32. The number of halogens is 4.